The number of hydrogen-bond acceptors (Lipinski definition) is 4. The maximum Gasteiger partial charge on any atom is 0.169 e. The lowest BCUT2D eigenvalue weighted by atomic mass is 10.1. The van der Waals surface area contributed by atoms with E-state index in [1.54, 1.807) is 18.4 Å². The van der Waals surface area contributed by atoms with Gasteiger partial charge in [0.15, 0.2) is 6.29 Å². The SMILES string of the molecule is COc1ccc(-c2nc(C=O)c(CC(C)C)s2)cc1. The molecule has 0 N–H and O–H groups in total. The minimum Gasteiger partial charge on any atom is -0.497 e. The predicted octanol–water partition coefficient (Wildman–Crippen LogP) is 3.83. The summed E-state index contributed by atoms with van der Waals surface area (Å²) in [5.74, 6) is 1.33. The van der Waals surface area contributed by atoms with Crippen molar-refractivity contribution in [3.05, 3.63) is 34.8 Å². The molecule has 1 aromatic heterocycles. The van der Waals surface area contributed by atoms with Gasteiger partial charge < -0.3 is 4.74 Å². The topological polar surface area (TPSA) is 39.2 Å². The van der Waals surface area contributed by atoms with Crippen LogP contribution in [0.15, 0.2) is 24.3 Å². The van der Waals surface area contributed by atoms with Gasteiger partial charge in [0.05, 0.1) is 7.11 Å². The zero-order chi connectivity index (χ0) is 13.8. The molecular weight excluding hydrogens is 258 g/mol. The van der Waals surface area contributed by atoms with Gasteiger partial charge in [-0.15, -0.1) is 11.3 Å². The van der Waals surface area contributed by atoms with Gasteiger partial charge in [0.25, 0.3) is 0 Å². The number of methoxy groups -OCH3 is 1. The quantitative estimate of drug-likeness (QED) is 0.778. The molecule has 0 amide bonds. The highest BCUT2D eigenvalue weighted by Gasteiger charge is 2.13. The van der Waals surface area contributed by atoms with E-state index in [-0.39, 0.29) is 0 Å². The van der Waals surface area contributed by atoms with Gasteiger partial charge >= 0.3 is 0 Å². The Morgan fingerprint density at radius 1 is 1.32 bits per heavy atom. The van der Waals surface area contributed by atoms with Gasteiger partial charge in [-0.25, -0.2) is 4.98 Å². The van der Waals surface area contributed by atoms with Gasteiger partial charge in [0.2, 0.25) is 0 Å². The van der Waals surface area contributed by atoms with Gasteiger partial charge in [-0.05, 0) is 36.6 Å². The van der Waals surface area contributed by atoms with E-state index in [0.717, 1.165) is 33.9 Å². The summed E-state index contributed by atoms with van der Waals surface area (Å²) >= 11 is 1.60. The standard InChI is InChI=1S/C15H17NO2S/c1-10(2)8-14-13(9-17)16-15(19-14)11-4-6-12(18-3)7-5-11/h4-7,9-10H,8H2,1-3H3. The third-order valence-electron chi connectivity index (χ3n) is 2.77. The summed E-state index contributed by atoms with van der Waals surface area (Å²) in [6.07, 6.45) is 1.74. The molecule has 19 heavy (non-hydrogen) atoms. The Balaban J connectivity index is 2.33. The molecule has 3 nitrogen and oxygen atoms in total. The molecular formula is C15H17NO2S. The maximum atomic E-state index is 11.1. The van der Waals surface area contributed by atoms with Crippen LogP contribution in [0.1, 0.15) is 29.2 Å². The Morgan fingerprint density at radius 3 is 2.53 bits per heavy atom. The summed E-state index contributed by atoms with van der Waals surface area (Å²) in [6.45, 7) is 4.28. The number of hydrogen-bond donors (Lipinski definition) is 0. The van der Waals surface area contributed by atoms with E-state index in [9.17, 15) is 4.79 Å². The monoisotopic (exact) mass is 275 g/mol. The Bertz CT molecular complexity index is 558. The van der Waals surface area contributed by atoms with Crippen molar-refractivity contribution in [1.29, 1.82) is 0 Å². The Morgan fingerprint density at radius 2 is 2.00 bits per heavy atom. The fourth-order valence-electron chi connectivity index (χ4n) is 1.83. The number of carbonyl (C=O) groups is 1. The second kappa shape index (κ2) is 5.97. The summed E-state index contributed by atoms with van der Waals surface area (Å²) in [4.78, 5) is 16.6. The highest BCUT2D eigenvalue weighted by Crippen LogP contribution is 2.30. The van der Waals surface area contributed by atoms with Crippen LogP contribution in [0.2, 0.25) is 0 Å². The smallest absolute Gasteiger partial charge is 0.169 e. The van der Waals surface area contributed by atoms with Crippen LogP contribution in [0.3, 0.4) is 0 Å². The number of nitrogens with zero attached hydrogens (tertiary/aromatic N) is 1. The minimum absolute atomic E-state index is 0.517. The van der Waals surface area contributed by atoms with Crippen LogP contribution in [0, 0.1) is 5.92 Å². The van der Waals surface area contributed by atoms with Crippen molar-refractivity contribution in [2.75, 3.05) is 7.11 Å². The lowest BCUT2D eigenvalue weighted by molar-refractivity contribution is 0.111. The number of ether oxygens (including phenoxy) is 1. The molecule has 1 aromatic carbocycles. The lowest BCUT2D eigenvalue weighted by Crippen LogP contribution is -1.95. The molecule has 2 rings (SSSR count). The van der Waals surface area contributed by atoms with Gasteiger partial charge in [-0.3, -0.25) is 4.79 Å². The molecule has 0 aliphatic rings. The van der Waals surface area contributed by atoms with Gasteiger partial charge in [0, 0.05) is 10.4 Å². The predicted molar refractivity (Wildman–Crippen MR) is 78.0 cm³/mol. The molecule has 0 bridgehead atoms. The van der Waals surface area contributed by atoms with Gasteiger partial charge in [-0.2, -0.15) is 0 Å². The normalized spacial score (nSPS) is 10.7. The van der Waals surface area contributed by atoms with Crippen LogP contribution in [0.5, 0.6) is 5.75 Å². The fourth-order valence-corrected chi connectivity index (χ4v) is 3.08. The summed E-state index contributed by atoms with van der Waals surface area (Å²) in [5, 5.41) is 0.889. The molecule has 4 heteroatoms. The minimum atomic E-state index is 0.517. The Kier molecular flexibility index (Phi) is 4.32. The number of carbonyl (C=O) groups excluding carboxylic acids is 1. The molecule has 2 aromatic rings. The molecule has 0 aliphatic heterocycles. The molecule has 1 heterocycles. The number of benzene rings is 1. The summed E-state index contributed by atoms with van der Waals surface area (Å²) < 4.78 is 5.13. The first-order chi connectivity index (χ1) is 9.13. The van der Waals surface area contributed by atoms with Crippen LogP contribution < -0.4 is 4.74 Å². The maximum absolute atomic E-state index is 11.1. The molecule has 0 atom stereocenters. The summed E-state index contributed by atoms with van der Waals surface area (Å²) in [5.41, 5.74) is 1.59. The van der Waals surface area contributed by atoms with Crippen molar-refractivity contribution >= 4 is 17.6 Å². The van der Waals surface area contributed by atoms with Crippen LogP contribution in [-0.4, -0.2) is 18.4 Å². The molecule has 0 unspecified atom stereocenters. The van der Waals surface area contributed by atoms with Crippen molar-refractivity contribution in [2.24, 2.45) is 5.92 Å². The van der Waals surface area contributed by atoms with Crippen LogP contribution in [0.4, 0.5) is 0 Å². The molecule has 0 spiro atoms. The van der Waals surface area contributed by atoms with E-state index in [2.05, 4.69) is 18.8 Å². The van der Waals surface area contributed by atoms with Crippen molar-refractivity contribution in [3.8, 4) is 16.3 Å². The Labute approximate surface area is 117 Å². The number of aldehydes is 1. The second-order valence-electron chi connectivity index (χ2n) is 4.77. The summed E-state index contributed by atoms with van der Waals surface area (Å²) in [7, 11) is 1.64. The average Bonchev–Trinajstić information content (AvgIpc) is 2.81. The molecule has 100 valence electrons. The van der Waals surface area contributed by atoms with Crippen LogP contribution in [0.25, 0.3) is 10.6 Å². The third-order valence-corrected chi connectivity index (χ3v) is 3.91. The third kappa shape index (κ3) is 3.20. The first kappa shape index (κ1) is 13.7. The molecule has 0 aliphatic carbocycles. The number of aromatic nitrogens is 1. The molecule has 0 saturated carbocycles. The molecule has 0 radical (unpaired) electrons. The molecule has 0 saturated heterocycles. The lowest BCUT2D eigenvalue weighted by Gasteiger charge is -2.01. The largest absolute Gasteiger partial charge is 0.497 e. The van der Waals surface area contributed by atoms with E-state index in [1.165, 1.54) is 0 Å². The van der Waals surface area contributed by atoms with Crippen molar-refractivity contribution in [1.82, 2.24) is 4.98 Å². The first-order valence-corrected chi connectivity index (χ1v) is 7.05. The van der Waals surface area contributed by atoms with Crippen molar-refractivity contribution < 1.29 is 9.53 Å². The highest BCUT2D eigenvalue weighted by molar-refractivity contribution is 7.15. The number of thiazole rings is 1. The average molecular weight is 275 g/mol. The molecule has 0 fully saturated rings. The number of rotatable bonds is 5. The van der Waals surface area contributed by atoms with E-state index < -0.39 is 0 Å². The second-order valence-corrected chi connectivity index (χ2v) is 5.86. The Hall–Kier alpha value is -1.68. The zero-order valence-corrected chi connectivity index (χ0v) is 12.2. The van der Waals surface area contributed by atoms with E-state index in [4.69, 9.17) is 4.74 Å². The fraction of sp³-hybridized carbons (Fsp3) is 0.333. The van der Waals surface area contributed by atoms with E-state index in [1.807, 2.05) is 24.3 Å². The van der Waals surface area contributed by atoms with Gasteiger partial charge in [0.1, 0.15) is 16.5 Å². The van der Waals surface area contributed by atoms with Gasteiger partial charge in [-0.1, -0.05) is 13.8 Å². The summed E-state index contributed by atoms with van der Waals surface area (Å²) in [6, 6.07) is 7.73. The van der Waals surface area contributed by atoms with E-state index in [0.29, 0.717) is 11.6 Å². The zero-order valence-electron chi connectivity index (χ0n) is 11.3. The van der Waals surface area contributed by atoms with Crippen molar-refractivity contribution in [2.45, 2.75) is 20.3 Å². The van der Waals surface area contributed by atoms with Crippen LogP contribution in [-0.2, 0) is 6.42 Å². The van der Waals surface area contributed by atoms with E-state index >= 15 is 0 Å². The van der Waals surface area contributed by atoms with Crippen molar-refractivity contribution in [3.63, 3.8) is 0 Å². The van der Waals surface area contributed by atoms with Crippen LogP contribution >= 0.6 is 11.3 Å². The first-order valence-electron chi connectivity index (χ1n) is 6.23. The highest BCUT2D eigenvalue weighted by atomic mass is 32.1.